The number of methoxy groups -OCH3 is 1. The first-order chi connectivity index (χ1) is 15.5. The van der Waals surface area contributed by atoms with Gasteiger partial charge in [0, 0.05) is 12.1 Å². The van der Waals surface area contributed by atoms with Crippen molar-refractivity contribution in [2.75, 3.05) is 13.7 Å². The molecule has 1 unspecified atom stereocenters. The van der Waals surface area contributed by atoms with Crippen LogP contribution in [0.1, 0.15) is 22.7 Å². The van der Waals surface area contributed by atoms with Gasteiger partial charge in [0.2, 0.25) is 0 Å². The van der Waals surface area contributed by atoms with E-state index >= 15 is 0 Å². The van der Waals surface area contributed by atoms with Crippen molar-refractivity contribution in [3.63, 3.8) is 0 Å². The first-order valence-corrected chi connectivity index (χ1v) is 10.3. The van der Waals surface area contributed by atoms with Crippen LogP contribution in [0.15, 0.2) is 84.4 Å². The summed E-state index contributed by atoms with van der Waals surface area (Å²) in [6, 6.07) is 21.9. The number of phenolic OH excluding ortho intramolecular Hbond substituents is 1. The monoisotopic (exact) mass is 429 g/mol. The molecular weight excluding hydrogens is 406 g/mol. The molecule has 1 amide bonds. The Morgan fingerprint density at radius 3 is 2.22 bits per heavy atom. The fraction of sp³-hybridized carbons (Fsp3) is 0.154. The molecule has 1 heterocycles. The molecule has 162 valence electrons. The SMILES string of the molecule is COc1ccc(C(O)=C2C(=O)C(=O)N(CCc3ccccc3)C2c2ccc(O)cc2)cc1. The van der Waals surface area contributed by atoms with Crippen molar-refractivity contribution >= 4 is 17.4 Å². The fourth-order valence-electron chi connectivity index (χ4n) is 3.91. The number of aliphatic hydroxyl groups is 1. The summed E-state index contributed by atoms with van der Waals surface area (Å²) in [6.07, 6.45) is 0.561. The van der Waals surface area contributed by atoms with E-state index in [2.05, 4.69) is 0 Å². The molecule has 2 N–H and O–H groups in total. The Morgan fingerprint density at radius 1 is 0.938 bits per heavy atom. The van der Waals surface area contributed by atoms with Gasteiger partial charge in [0.15, 0.2) is 0 Å². The highest BCUT2D eigenvalue weighted by atomic mass is 16.5. The van der Waals surface area contributed by atoms with Crippen LogP contribution in [0.2, 0.25) is 0 Å². The molecule has 6 nitrogen and oxygen atoms in total. The summed E-state index contributed by atoms with van der Waals surface area (Å²) in [4.78, 5) is 27.5. The van der Waals surface area contributed by atoms with Crippen LogP contribution in [-0.2, 0) is 16.0 Å². The Hall–Kier alpha value is -4.06. The number of benzene rings is 3. The Morgan fingerprint density at radius 2 is 1.59 bits per heavy atom. The number of carbonyl (C=O) groups excluding carboxylic acids is 2. The predicted molar refractivity (Wildman–Crippen MR) is 120 cm³/mol. The van der Waals surface area contributed by atoms with Crippen LogP contribution >= 0.6 is 0 Å². The van der Waals surface area contributed by atoms with E-state index in [-0.39, 0.29) is 17.1 Å². The minimum absolute atomic E-state index is 0.0268. The Bertz CT molecular complexity index is 1150. The van der Waals surface area contributed by atoms with E-state index in [1.807, 2.05) is 30.3 Å². The van der Waals surface area contributed by atoms with Crippen molar-refractivity contribution in [3.05, 3.63) is 101 Å². The van der Waals surface area contributed by atoms with E-state index in [9.17, 15) is 19.8 Å². The molecule has 4 rings (SSSR count). The zero-order valence-corrected chi connectivity index (χ0v) is 17.6. The molecule has 0 saturated carbocycles. The van der Waals surface area contributed by atoms with Crippen molar-refractivity contribution < 1.29 is 24.5 Å². The second-order valence-corrected chi connectivity index (χ2v) is 7.55. The number of hydrogen-bond acceptors (Lipinski definition) is 5. The Kier molecular flexibility index (Phi) is 5.94. The van der Waals surface area contributed by atoms with Crippen LogP contribution in [0.25, 0.3) is 5.76 Å². The number of carbonyl (C=O) groups is 2. The van der Waals surface area contributed by atoms with Crippen molar-refractivity contribution in [1.82, 2.24) is 4.90 Å². The molecule has 6 heteroatoms. The van der Waals surface area contributed by atoms with E-state index in [0.29, 0.717) is 29.8 Å². The summed E-state index contributed by atoms with van der Waals surface area (Å²) in [5.41, 5.74) is 2.11. The normalized spacial score (nSPS) is 17.5. The highest BCUT2D eigenvalue weighted by Crippen LogP contribution is 2.40. The lowest BCUT2D eigenvalue weighted by Gasteiger charge is -2.25. The lowest BCUT2D eigenvalue weighted by atomic mass is 9.95. The zero-order chi connectivity index (χ0) is 22.7. The van der Waals surface area contributed by atoms with Crippen LogP contribution in [0.5, 0.6) is 11.5 Å². The third-order valence-corrected chi connectivity index (χ3v) is 5.60. The number of ether oxygens (including phenoxy) is 1. The van der Waals surface area contributed by atoms with Gasteiger partial charge >= 0.3 is 0 Å². The minimum Gasteiger partial charge on any atom is -0.508 e. The number of aliphatic hydroxyl groups excluding tert-OH is 1. The van der Waals surface area contributed by atoms with Crippen molar-refractivity contribution in [2.24, 2.45) is 0 Å². The zero-order valence-electron chi connectivity index (χ0n) is 17.6. The number of likely N-dealkylation sites (tertiary alicyclic amines) is 1. The molecule has 1 aliphatic heterocycles. The number of aromatic hydroxyl groups is 1. The first kappa shape index (κ1) is 21.2. The maximum absolute atomic E-state index is 13.0. The summed E-state index contributed by atoms with van der Waals surface area (Å²) in [6.45, 7) is 0.305. The van der Waals surface area contributed by atoms with Crippen LogP contribution in [0.4, 0.5) is 0 Å². The molecule has 1 atom stereocenters. The number of Topliss-reactive ketones (excluding diaryl/α,β-unsaturated/α-hetero) is 1. The molecule has 0 aromatic heterocycles. The molecule has 3 aromatic carbocycles. The number of amides is 1. The quantitative estimate of drug-likeness (QED) is 0.351. The molecule has 0 radical (unpaired) electrons. The number of phenols is 1. The number of ketones is 1. The van der Waals surface area contributed by atoms with Gasteiger partial charge in [-0.3, -0.25) is 9.59 Å². The lowest BCUT2D eigenvalue weighted by molar-refractivity contribution is -0.139. The molecule has 0 aliphatic carbocycles. The third-order valence-electron chi connectivity index (χ3n) is 5.60. The Balaban J connectivity index is 1.77. The minimum atomic E-state index is -0.763. The van der Waals surface area contributed by atoms with E-state index in [1.54, 1.807) is 36.4 Å². The second-order valence-electron chi connectivity index (χ2n) is 7.55. The van der Waals surface area contributed by atoms with Crippen LogP contribution < -0.4 is 4.74 Å². The fourth-order valence-corrected chi connectivity index (χ4v) is 3.91. The van der Waals surface area contributed by atoms with Gasteiger partial charge in [-0.2, -0.15) is 0 Å². The number of rotatable bonds is 6. The van der Waals surface area contributed by atoms with E-state index in [0.717, 1.165) is 5.56 Å². The molecule has 3 aromatic rings. The average Bonchev–Trinajstić information content (AvgIpc) is 3.08. The summed E-state index contributed by atoms with van der Waals surface area (Å²) >= 11 is 0. The maximum atomic E-state index is 13.0. The van der Waals surface area contributed by atoms with Gasteiger partial charge in [-0.1, -0.05) is 42.5 Å². The highest BCUT2D eigenvalue weighted by Gasteiger charge is 2.45. The molecular formula is C26H23NO5. The number of hydrogen-bond donors (Lipinski definition) is 2. The molecule has 1 fully saturated rings. The second kappa shape index (κ2) is 8.98. The van der Waals surface area contributed by atoms with Crippen LogP contribution in [-0.4, -0.2) is 40.5 Å². The number of nitrogens with zero attached hydrogens (tertiary/aromatic N) is 1. The van der Waals surface area contributed by atoms with Gasteiger partial charge in [0.1, 0.15) is 17.3 Å². The summed E-state index contributed by atoms with van der Waals surface area (Å²) < 4.78 is 5.15. The predicted octanol–water partition coefficient (Wildman–Crippen LogP) is 4.07. The molecule has 1 saturated heterocycles. The molecule has 32 heavy (non-hydrogen) atoms. The van der Waals surface area contributed by atoms with Crippen molar-refractivity contribution in [3.8, 4) is 11.5 Å². The summed E-state index contributed by atoms with van der Waals surface area (Å²) in [7, 11) is 1.54. The smallest absolute Gasteiger partial charge is 0.295 e. The van der Waals surface area contributed by atoms with E-state index in [1.165, 1.54) is 24.1 Å². The topological polar surface area (TPSA) is 87.1 Å². The summed E-state index contributed by atoms with van der Waals surface area (Å²) in [5, 5.41) is 20.8. The first-order valence-electron chi connectivity index (χ1n) is 10.3. The van der Waals surface area contributed by atoms with Crippen molar-refractivity contribution in [2.45, 2.75) is 12.5 Å². The standard InChI is InChI=1S/C26H23NO5/c1-32-21-13-9-19(10-14-21)24(29)22-23(18-7-11-20(28)12-8-18)27(26(31)25(22)30)16-15-17-5-3-2-4-6-17/h2-14,23,28-29H,15-16H2,1H3. The summed E-state index contributed by atoms with van der Waals surface area (Å²) in [5.74, 6) is -0.949. The average molecular weight is 429 g/mol. The van der Waals surface area contributed by atoms with Gasteiger partial charge in [0.25, 0.3) is 11.7 Å². The van der Waals surface area contributed by atoms with E-state index in [4.69, 9.17) is 4.74 Å². The van der Waals surface area contributed by atoms with Gasteiger partial charge in [-0.05, 0) is 53.9 Å². The molecule has 0 spiro atoms. The highest BCUT2D eigenvalue weighted by molar-refractivity contribution is 6.46. The Labute approximate surface area is 186 Å². The van der Waals surface area contributed by atoms with Gasteiger partial charge in [-0.15, -0.1) is 0 Å². The van der Waals surface area contributed by atoms with Crippen LogP contribution in [0.3, 0.4) is 0 Å². The van der Waals surface area contributed by atoms with E-state index < -0.39 is 17.7 Å². The van der Waals surface area contributed by atoms with Gasteiger partial charge in [0.05, 0.1) is 18.7 Å². The van der Waals surface area contributed by atoms with Crippen LogP contribution in [0, 0.1) is 0 Å². The lowest BCUT2D eigenvalue weighted by Crippen LogP contribution is -2.31. The third kappa shape index (κ3) is 4.07. The van der Waals surface area contributed by atoms with Gasteiger partial charge < -0.3 is 19.8 Å². The molecule has 0 bridgehead atoms. The van der Waals surface area contributed by atoms with Crippen molar-refractivity contribution in [1.29, 1.82) is 0 Å². The van der Waals surface area contributed by atoms with Gasteiger partial charge in [-0.25, -0.2) is 0 Å². The largest absolute Gasteiger partial charge is 0.508 e. The maximum Gasteiger partial charge on any atom is 0.295 e. The molecule has 1 aliphatic rings.